The molecular formula is C12H21FO3. The third-order valence-corrected chi connectivity index (χ3v) is 3.00. The van der Waals surface area contributed by atoms with Crippen LogP contribution in [0, 0.1) is 5.92 Å². The van der Waals surface area contributed by atoms with E-state index < -0.39 is 5.85 Å². The van der Waals surface area contributed by atoms with Crippen molar-refractivity contribution < 1.29 is 18.7 Å². The second-order valence-corrected chi connectivity index (χ2v) is 4.60. The van der Waals surface area contributed by atoms with Crippen molar-refractivity contribution >= 4 is 5.97 Å². The molecule has 4 heteroatoms. The standard InChI is InChI=1S/C12H21FO3/c1-12(13,8-9-15-2)16-11(14)10-6-4-3-5-7-10/h10H,3-9H2,1-2H3. The van der Waals surface area contributed by atoms with Crippen LogP contribution in [0.5, 0.6) is 0 Å². The lowest BCUT2D eigenvalue weighted by Crippen LogP contribution is -2.32. The SMILES string of the molecule is COCCC(C)(F)OC(=O)C1CCCCC1. The van der Waals surface area contributed by atoms with Gasteiger partial charge in [-0.05, 0) is 12.8 Å². The van der Waals surface area contributed by atoms with Gasteiger partial charge in [0.1, 0.15) is 0 Å². The first kappa shape index (κ1) is 13.4. The van der Waals surface area contributed by atoms with Gasteiger partial charge in [-0.25, -0.2) is 0 Å². The smallest absolute Gasteiger partial charge is 0.311 e. The van der Waals surface area contributed by atoms with Crippen LogP contribution in [0.4, 0.5) is 4.39 Å². The van der Waals surface area contributed by atoms with Crippen LogP contribution in [-0.2, 0) is 14.3 Å². The highest BCUT2D eigenvalue weighted by molar-refractivity contribution is 5.72. The molecule has 16 heavy (non-hydrogen) atoms. The molecule has 3 nitrogen and oxygen atoms in total. The number of ether oxygens (including phenoxy) is 2. The van der Waals surface area contributed by atoms with Crippen LogP contribution >= 0.6 is 0 Å². The van der Waals surface area contributed by atoms with E-state index in [0.717, 1.165) is 25.7 Å². The van der Waals surface area contributed by atoms with Gasteiger partial charge >= 0.3 is 5.97 Å². The molecule has 0 radical (unpaired) electrons. The Kier molecular flexibility index (Phi) is 5.19. The summed E-state index contributed by atoms with van der Waals surface area (Å²) in [5.41, 5.74) is 0. The van der Waals surface area contributed by atoms with Crippen molar-refractivity contribution in [2.75, 3.05) is 13.7 Å². The van der Waals surface area contributed by atoms with Crippen LogP contribution in [0.25, 0.3) is 0 Å². The number of halogens is 1. The number of esters is 1. The van der Waals surface area contributed by atoms with E-state index in [2.05, 4.69) is 0 Å². The highest BCUT2D eigenvalue weighted by atomic mass is 19.2. The maximum Gasteiger partial charge on any atom is 0.311 e. The molecule has 1 unspecified atom stereocenters. The maximum absolute atomic E-state index is 13.8. The van der Waals surface area contributed by atoms with Crippen LogP contribution in [0.3, 0.4) is 0 Å². The molecule has 1 rings (SSSR count). The number of carbonyl (C=O) groups excluding carboxylic acids is 1. The zero-order chi connectivity index (χ0) is 12.0. The molecule has 0 aromatic carbocycles. The Morgan fingerprint density at radius 3 is 2.56 bits per heavy atom. The largest absolute Gasteiger partial charge is 0.429 e. The molecule has 1 fully saturated rings. The van der Waals surface area contributed by atoms with Crippen molar-refractivity contribution in [2.24, 2.45) is 5.92 Å². The van der Waals surface area contributed by atoms with E-state index in [4.69, 9.17) is 9.47 Å². The number of hydrogen-bond acceptors (Lipinski definition) is 3. The summed E-state index contributed by atoms with van der Waals surface area (Å²) in [7, 11) is 1.50. The average Bonchev–Trinajstić information content (AvgIpc) is 2.27. The molecular weight excluding hydrogens is 211 g/mol. The Labute approximate surface area is 96.3 Å². The molecule has 0 heterocycles. The average molecular weight is 232 g/mol. The van der Waals surface area contributed by atoms with Crippen LogP contribution < -0.4 is 0 Å². The molecule has 1 aliphatic rings. The molecule has 0 amide bonds. The summed E-state index contributed by atoms with van der Waals surface area (Å²) in [5.74, 6) is -2.39. The molecule has 1 saturated carbocycles. The van der Waals surface area contributed by atoms with E-state index in [1.54, 1.807) is 0 Å². The third kappa shape index (κ3) is 4.47. The molecule has 0 saturated heterocycles. The lowest BCUT2D eigenvalue weighted by atomic mass is 9.89. The summed E-state index contributed by atoms with van der Waals surface area (Å²) in [4.78, 5) is 11.7. The van der Waals surface area contributed by atoms with Gasteiger partial charge in [-0.1, -0.05) is 19.3 Å². The van der Waals surface area contributed by atoms with Crippen LogP contribution in [0.2, 0.25) is 0 Å². The molecule has 1 atom stereocenters. The summed E-state index contributed by atoms with van der Waals surface area (Å²) in [6.45, 7) is 1.54. The fourth-order valence-corrected chi connectivity index (χ4v) is 1.97. The Morgan fingerprint density at radius 2 is 2.00 bits per heavy atom. The normalized spacial score (nSPS) is 21.4. The lowest BCUT2D eigenvalue weighted by molar-refractivity contribution is -0.187. The fourth-order valence-electron chi connectivity index (χ4n) is 1.97. The van der Waals surface area contributed by atoms with Crippen LogP contribution in [0.15, 0.2) is 0 Å². The first-order valence-corrected chi connectivity index (χ1v) is 5.96. The highest BCUT2D eigenvalue weighted by Crippen LogP contribution is 2.27. The van der Waals surface area contributed by atoms with Crippen molar-refractivity contribution in [2.45, 2.75) is 51.3 Å². The monoisotopic (exact) mass is 232 g/mol. The van der Waals surface area contributed by atoms with Gasteiger partial charge in [0.05, 0.1) is 12.5 Å². The lowest BCUT2D eigenvalue weighted by Gasteiger charge is -2.25. The van der Waals surface area contributed by atoms with Crippen molar-refractivity contribution in [3.63, 3.8) is 0 Å². The first-order valence-electron chi connectivity index (χ1n) is 5.96. The molecule has 0 aromatic rings. The maximum atomic E-state index is 13.8. The van der Waals surface area contributed by atoms with Gasteiger partial charge < -0.3 is 9.47 Å². The molecule has 0 bridgehead atoms. The first-order chi connectivity index (χ1) is 7.55. The minimum Gasteiger partial charge on any atom is -0.429 e. The van der Waals surface area contributed by atoms with Gasteiger partial charge in [0.15, 0.2) is 0 Å². The predicted molar refractivity (Wildman–Crippen MR) is 58.7 cm³/mol. The Hall–Kier alpha value is -0.640. The van der Waals surface area contributed by atoms with E-state index >= 15 is 0 Å². The zero-order valence-corrected chi connectivity index (χ0v) is 10.1. The van der Waals surface area contributed by atoms with E-state index in [1.165, 1.54) is 20.5 Å². The fraction of sp³-hybridized carbons (Fsp3) is 0.917. The number of rotatable bonds is 5. The van der Waals surface area contributed by atoms with E-state index in [9.17, 15) is 9.18 Å². The topological polar surface area (TPSA) is 35.5 Å². The van der Waals surface area contributed by atoms with Gasteiger partial charge in [0.25, 0.3) is 5.85 Å². The van der Waals surface area contributed by atoms with Crippen LogP contribution in [0.1, 0.15) is 45.4 Å². The summed E-state index contributed by atoms with van der Waals surface area (Å²) < 4.78 is 23.4. The third-order valence-electron chi connectivity index (χ3n) is 3.00. The van der Waals surface area contributed by atoms with Gasteiger partial charge in [-0.3, -0.25) is 4.79 Å². The van der Waals surface area contributed by atoms with Crippen molar-refractivity contribution in [3.05, 3.63) is 0 Å². The van der Waals surface area contributed by atoms with E-state index in [-0.39, 0.29) is 24.9 Å². The molecule has 1 aliphatic carbocycles. The molecule has 0 aromatic heterocycles. The summed E-state index contributed by atoms with van der Waals surface area (Å²) in [6, 6.07) is 0. The molecule has 0 aliphatic heterocycles. The van der Waals surface area contributed by atoms with Gasteiger partial charge in [0, 0.05) is 20.5 Å². The van der Waals surface area contributed by atoms with Crippen molar-refractivity contribution in [3.8, 4) is 0 Å². The second-order valence-electron chi connectivity index (χ2n) is 4.60. The number of methoxy groups -OCH3 is 1. The van der Waals surface area contributed by atoms with Crippen molar-refractivity contribution in [1.29, 1.82) is 0 Å². The van der Waals surface area contributed by atoms with Crippen LogP contribution in [-0.4, -0.2) is 25.5 Å². The number of alkyl halides is 1. The minimum absolute atomic E-state index is 0.0853. The molecule has 0 spiro atoms. The number of hydrogen-bond donors (Lipinski definition) is 0. The predicted octanol–water partition coefficient (Wildman–Crippen LogP) is 2.83. The Bertz CT molecular complexity index is 222. The van der Waals surface area contributed by atoms with E-state index in [0.29, 0.717) is 0 Å². The van der Waals surface area contributed by atoms with E-state index in [1.807, 2.05) is 0 Å². The van der Waals surface area contributed by atoms with Gasteiger partial charge in [0.2, 0.25) is 0 Å². The van der Waals surface area contributed by atoms with Gasteiger partial charge in [-0.2, -0.15) is 4.39 Å². The Morgan fingerprint density at radius 1 is 1.38 bits per heavy atom. The Balaban J connectivity index is 2.36. The summed E-state index contributed by atoms with van der Waals surface area (Å²) in [6.07, 6.45) is 5.00. The quantitative estimate of drug-likeness (QED) is 0.684. The highest BCUT2D eigenvalue weighted by Gasteiger charge is 2.32. The minimum atomic E-state index is -1.90. The second kappa shape index (κ2) is 6.18. The molecule has 0 N–H and O–H groups in total. The van der Waals surface area contributed by atoms with Crippen molar-refractivity contribution in [1.82, 2.24) is 0 Å². The number of carbonyl (C=O) groups is 1. The molecule has 94 valence electrons. The van der Waals surface area contributed by atoms with Gasteiger partial charge in [-0.15, -0.1) is 0 Å². The summed E-state index contributed by atoms with van der Waals surface area (Å²) in [5, 5.41) is 0. The summed E-state index contributed by atoms with van der Waals surface area (Å²) >= 11 is 0. The zero-order valence-electron chi connectivity index (χ0n) is 10.1.